The van der Waals surface area contributed by atoms with Crippen LogP contribution in [0.15, 0.2) is 24.3 Å². The highest BCUT2D eigenvalue weighted by Gasteiger charge is 2.19. The molecule has 1 aromatic rings. The molecule has 0 saturated carbocycles. The Hall–Kier alpha value is -0.570. The molecule has 102 valence electrons. The lowest BCUT2D eigenvalue weighted by Gasteiger charge is -2.26. The lowest BCUT2D eigenvalue weighted by molar-refractivity contribution is 0.0119. The van der Waals surface area contributed by atoms with Crippen molar-refractivity contribution in [3.63, 3.8) is 0 Å². The summed E-state index contributed by atoms with van der Waals surface area (Å²) in [5.41, 5.74) is 1.14. The molecule has 0 aromatic heterocycles. The molecule has 0 radical (unpaired) electrons. The van der Waals surface area contributed by atoms with Crippen LogP contribution in [0.5, 0.6) is 0 Å². The van der Waals surface area contributed by atoms with Crippen molar-refractivity contribution in [1.82, 2.24) is 5.32 Å². The van der Waals surface area contributed by atoms with Crippen molar-refractivity contribution in [1.29, 1.82) is 0 Å². The Morgan fingerprint density at radius 2 is 2.00 bits per heavy atom. The van der Waals surface area contributed by atoms with Crippen LogP contribution in [0.4, 0.5) is 0 Å². The molecule has 0 fully saturated rings. The van der Waals surface area contributed by atoms with Gasteiger partial charge >= 0.3 is 0 Å². The first-order chi connectivity index (χ1) is 8.48. The summed E-state index contributed by atoms with van der Waals surface area (Å²) in [6.07, 6.45) is 3.05. The minimum atomic E-state index is -0.0599. The van der Waals surface area contributed by atoms with Gasteiger partial charge in [0.05, 0.1) is 5.60 Å². The van der Waals surface area contributed by atoms with Crippen molar-refractivity contribution >= 4 is 11.6 Å². The first-order valence-electron chi connectivity index (χ1n) is 6.44. The molecule has 0 amide bonds. The zero-order chi connectivity index (χ0) is 13.6. The Morgan fingerprint density at radius 3 is 2.56 bits per heavy atom. The third-order valence-corrected chi connectivity index (χ3v) is 3.85. The lowest BCUT2D eigenvalue weighted by atomic mass is 9.95. The van der Waals surface area contributed by atoms with E-state index in [1.807, 2.05) is 25.2 Å². The van der Waals surface area contributed by atoms with Gasteiger partial charge in [-0.2, -0.15) is 0 Å². The molecule has 0 aliphatic rings. The Bertz CT molecular complexity index is 365. The molecule has 1 rings (SSSR count). The van der Waals surface area contributed by atoms with Gasteiger partial charge in [0.15, 0.2) is 0 Å². The van der Waals surface area contributed by atoms with Crippen LogP contribution in [0.1, 0.15) is 32.3 Å². The van der Waals surface area contributed by atoms with Crippen molar-refractivity contribution in [2.45, 2.75) is 44.8 Å². The van der Waals surface area contributed by atoms with Crippen molar-refractivity contribution in [3.05, 3.63) is 34.9 Å². The molecule has 1 N–H and O–H groups in total. The average molecular weight is 270 g/mol. The highest BCUT2D eigenvalue weighted by molar-refractivity contribution is 6.31. The van der Waals surface area contributed by atoms with Gasteiger partial charge < -0.3 is 10.1 Å². The van der Waals surface area contributed by atoms with E-state index in [-0.39, 0.29) is 5.60 Å². The highest BCUT2D eigenvalue weighted by atomic mass is 35.5. The number of hydrogen-bond acceptors (Lipinski definition) is 2. The minimum absolute atomic E-state index is 0.0599. The molecule has 0 aliphatic heterocycles. The summed E-state index contributed by atoms with van der Waals surface area (Å²) in [5, 5.41) is 4.21. The summed E-state index contributed by atoms with van der Waals surface area (Å²) < 4.78 is 5.45. The second kappa shape index (κ2) is 7.13. The van der Waals surface area contributed by atoms with E-state index >= 15 is 0 Å². The van der Waals surface area contributed by atoms with Gasteiger partial charge in [0, 0.05) is 18.2 Å². The third-order valence-electron chi connectivity index (χ3n) is 3.48. The molecule has 3 heteroatoms. The van der Waals surface area contributed by atoms with Crippen molar-refractivity contribution in [2.75, 3.05) is 14.2 Å². The topological polar surface area (TPSA) is 21.3 Å². The molecule has 1 aromatic carbocycles. The zero-order valence-corrected chi connectivity index (χ0v) is 12.6. The fraction of sp³-hybridized carbons (Fsp3) is 0.600. The van der Waals surface area contributed by atoms with Crippen LogP contribution >= 0.6 is 11.6 Å². The number of benzene rings is 1. The predicted octanol–water partition coefficient (Wildman–Crippen LogP) is 3.68. The standard InChI is InChI=1S/C15H24ClNO/c1-15(2,18-4)10-9-13(17-3)11-12-7-5-6-8-14(12)16/h5-8,13,17H,9-11H2,1-4H3. The molecular formula is C15H24ClNO. The Labute approximate surface area is 116 Å². The molecule has 2 nitrogen and oxygen atoms in total. The number of halogens is 1. The molecule has 0 spiro atoms. The van der Waals surface area contributed by atoms with Crippen LogP contribution in [0, 0.1) is 0 Å². The lowest BCUT2D eigenvalue weighted by Crippen LogP contribution is -2.32. The van der Waals surface area contributed by atoms with Crippen LogP contribution in [-0.2, 0) is 11.2 Å². The zero-order valence-electron chi connectivity index (χ0n) is 11.8. The van der Waals surface area contributed by atoms with Gasteiger partial charge in [-0.1, -0.05) is 29.8 Å². The Morgan fingerprint density at radius 1 is 1.33 bits per heavy atom. The molecule has 18 heavy (non-hydrogen) atoms. The fourth-order valence-corrected chi connectivity index (χ4v) is 2.11. The molecule has 1 atom stereocenters. The summed E-state index contributed by atoms with van der Waals surface area (Å²) >= 11 is 6.19. The first kappa shape index (κ1) is 15.5. The Balaban J connectivity index is 2.55. The SMILES string of the molecule is CNC(CCC(C)(C)OC)Cc1ccccc1Cl. The molecule has 0 bridgehead atoms. The number of likely N-dealkylation sites (N-methyl/N-ethyl adjacent to an activating group) is 1. The highest BCUT2D eigenvalue weighted by Crippen LogP contribution is 2.21. The summed E-state index contributed by atoms with van der Waals surface area (Å²) in [7, 11) is 3.77. The smallest absolute Gasteiger partial charge is 0.0623 e. The first-order valence-corrected chi connectivity index (χ1v) is 6.82. The monoisotopic (exact) mass is 269 g/mol. The van der Waals surface area contributed by atoms with Crippen LogP contribution in [-0.4, -0.2) is 25.8 Å². The van der Waals surface area contributed by atoms with E-state index in [2.05, 4.69) is 25.2 Å². The predicted molar refractivity (Wildman–Crippen MR) is 78.3 cm³/mol. The average Bonchev–Trinajstić information content (AvgIpc) is 2.36. The number of rotatable bonds is 7. The number of nitrogens with one attached hydrogen (secondary N) is 1. The molecule has 0 heterocycles. The van der Waals surface area contributed by atoms with E-state index in [0.717, 1.165) is 24.3 Å². The van der Waals surface area contributed by atoms with Gasteiger partial charge in [-0.25, -0.2) is 0 Å². The fourth-order valence-electron chi connectivity index (χ4n) is 1.90. The van der Waals surface area contributed by atoms with Crippen LogP contribution in [0.3, 0.4) is 0 Å². The third kappa shape index (κ3) is 4.97. The number of hydrogen-bond donors (Lipinski definition) is 1. The maximum atomic E-state index is 6.19. The van der Waals surface area contributed by atoms with E-state index in [0.29, 0.717) is 6.04 Å². The quantitative estimate of drug-likeness (QED) is 0.815. The van der Waals surface area contributed by atoms with E-state index < -0.39 is 0 Å². The van der Waals surface area contributed by atoms with E-state index in [9.17, 15) is 0 Å². The van der Waals surface area contributed by atoms with Crippen molar-refractivity contribution in [3.8, 4) is 0 Å². The van der Waals surface area contributed by atoms with Crippen LogP contribution in [0.2, 0.25) is 5.02 Å². The van der Waals surface area contributed by atoms with Crippen molar-refractivity contribution < 1.29 is 4.74 Å². The Kier molecular flexibility index (Phi) is 6.13. The second-order valence-electron chi connectivity index (χ2n) is 5.28. The van der Waals surface area contributed by atoms with E-state index in [4.69, 9.17) is 16.3 Å². The molecule has 0 saturated heterocycles. The molecular weight excluding hydrogens is 246 g/mol. The summed E-state index contributed by atoms with van der Waals surface area (Å²) in [4.78, 5) is 0. The number of ether oxygens (including phenoxy) is 1. The van der Waals surface area contributed by atoms with E-state index in [1.54, 1.807) is 7.11 Å². The van der Waals surface area contributed by atoms with Gasteiger partial charge in [0.2, 0.25) is 0 Å². The van der Waals surface area contributed by atoms with Gasteiger partial charge in [-0.15, -0.1) is 0 Å². The van der Waals surface area contributed by atoms with Crippen LogP contribution < -0.4 is 5.32 Å². The van der Waals surface area contributed by atoms with E-state index in [1.165, 1.54) is 5.56 Å². The summed E-state index contributed by atoms with van der Waals surface area (Å²) in [6.45, 7) is 4.24. The summed E-state index contributed by atoms with van der Waals surface area (Å²) in [6, 6.07) is 8.47. The second-order valence-corrected chi connectivity index (χ2v) is 5.69. The summed E-state index contributed by atoms with van der Waals surface area (Å²) in [5.74, 6) is 0. The normalized spacial score (nSPS) is 13.6. The van der Waals surface area contributed by atoms with Gasteiger partial charge in [-0.3, -0.25) is 0 Å². The maximum Gasteiger partial charge on any atom is 0.0623 e. The molecule has 0 aliphatic carbocycles. The van der Waals surface area contributed by atoms with Crippen LogP contribution in [0.25, 0.3) is 0 Å². The van der Waals surface area contributed by atoms with Crippen molar-refractivity contribution in [2.24, 2.45) is 0 Å². The molecule has 1 unspecified atom stereocenters. The maximum absolute atomic E-state index is 6.19. The largest absolute Gasteiger partial charge is 0.379 e. The van der Waals surface area contributed by atoms with Gasteiger partial charge in [0.1, 0.15) is 0 Å². The number of methoxy groups -OCH3 is 1. The van der Waals surface area contributed by atoms with Gasteiger partial charge in [0.25, 0.3) is 0 Å². The minimum Gasteiger partial charge on any atom is -0.379 e. The van der Waals surface area contributed by atoms with Gasteiger partial charge in [-0.05, 0) is 51.8 Å².